The maximum Gasteiger partial charge on any atom is 0.254 e. The van der Waals surface area contributed by atoms with Gasteiger partial charge in [0.15, 0.2) is 11.5 Å². The highest BCUT2D eigenvalue weighted by atomic mass is 79.9. The third-order valence-electron chi connectivity index (χ3n) is 4.67. The van der Waals surface area contributed by atoms with Crippen molar-refractivity contribution in [3.05, 3.63) is 52.5 Å². The molecule has 1 saturated heterocycles. The van der Waals surface area contributed by atoms with Crippen molar-refractivity contribution in [3.63, 3.8) is 0 Å². The number of carbonyl (C=O) groups is 2. The number of hydrogen-bond donors (Lipinski definition) is 0. The molecule has 0 spiro atoms. The smallest absolute Gasteiger partial charge is 0.254 e. The Morgan fingerprint density at radius 3 is 2.58 bits per heavy atom. The van der Waals surface area contributed by atoms with Crippen LogP contribution in [0, 0.1) is 0 Å². The topological polar surface area (TPSA) is 59.1 Å². The predicted molar refractivity (Wildman–Crippen MR) is 99.6 cm³/mol. The van der Waals surface area contributed by atoms with Crippen molar-refractivity contribution in [1.29, 1.82) is 0 Å². The predicted octanol–water partition coefficient (Wildman–Crippen LogP) is 3.06. The molecule has 2 aromatic carbocycles. The van der Waals surface area contributed by atoms with Crippen LogP contribution in [0.4, 0.5) is 5.69 Å². The Balaban J connectivity index is 1.53. The van der Waals surface area contributed by atoms with Gasteiger partial charge in [-0.3, -0.25) is 9.59 Å². The van der Waals surface area contributed by atoms with Gasteiger partial charge in [0, 0.05) is 28.8 Å². The number of nitrogens with zero attached hydrogens (tertiary/aromatic N) is 2. The van der Waals surface area contributed by atoms with E-state index in [9.17, 15) is 9.59 Å². The lowest BCUT2D eigenvalue weighted by molar-refractivity contribution is -0.124. The Bertz CT molecular complexity index is 868. The van der Waals surface area contributed by atoms with Gasteiger partial charge in [-0.05, 0) is 49.4 Å². The molecule has 2 aromatic rings. The molecule has 2 aliphatic heterocycles. The standard InChI is InChI=1S/C19H17BrN2O4/c1-12-18(23)22(15-5-3-14(20)4-6-15)9-8-21(12)19(24)13-2-7-16-17(10-13)26-11-25-16/h2-7,10,12H,8-9,11H2,1H3/t12-/m1/s1. The molecule has 1 fully saturated rings. The van der Waals surface area contributed by atoms with E-state index in [-0.39, 0.29) is 18.6 Å². The molecule has 1 atom stereocenters. The maximum atomic E-state index is 12.9. The largest absolute Gasteiger partial charge is 0.454 e. The average Bonchev–Trinajstić information content (AvgIpc) is 3.12. The fraction of sp³-hybridized carbons (Fsp3) is 0.263. The van der Waals surface area contributed by atoms with E-state index in [4.69, 9.17) is 9.47 Å². The normalized spacial score (nSPS) is 19.0. The minimum atomic E-state index is -0.537. The van der Waals surface area contributed by atoms with Crippen LogP contribution in [-0.4, -0.2) is 42.6 Å². The van der Waals surface area contributed by atoms with Gasteiger partial charge in [-0.1, -0.05) is 15.9 Å². The second-order valence-electron chi connectivity index (χ2n) is 6.21. The molecule has 2 heterocycles. The summed E-state index contributed by atoms with van der Waals surface area (Å²) in [5, 5.41) is 0. The zero-order chi connectivity index (χ0) is 18.3. The molecule has 2 aliphatic rings. The molecule has 134 valence electrons. The Morgan fingerprint density at radius 2 is 1.81 bits per heavy atom. The summed E-state index contributed by atoms with van der Waals surface area (Å²) in [4.78, 5) is 29.0. The molecule has 0 saturated carbocycles. The molecule has 0 bridgehead atoms. The third kappa shape index (κ3) is 2.92. The summed E-state index contributed by atoms with van der Waals surface area (Å²) in [5.74, 6) is 0.918. The summed E-state index contributed by atoms with van der Waals surface area (Å²) < 4.78 is 11.6. The highest BCUT2D eigenvalue weighted by molar-refractivity contribution is 9.10. The van der Waals surface area contributed by atoms with Crippen molar-refractivity contribution >= 4 is 33.4 Å². The zero-order valence-electron chi connectivity index (χ0n) is 14.1. The van der Waals surface area contributed by atoms with Gasteiger partial charge in [-0.15, -0.1) is 0 Å². The summed E-state index contributed by atoms with van der Waals surface area (Å²) in [6.45, 7) is 2.85. The molecule has 0 unspecified atom stereocenters. The van der Waals surface area contributed by atoms with Crippen LogP contribution in [-0.2, 0) is 4.79 Å². The Labute approximate surface area is 159 Å². The number of benzene rings is 2. The van der Waals surface area contributed by atoms with Crippen molar-refractivity contribution < 1.29 is 19.1 Å². The first kappa shape index (κ1) is 16.9. The SMILES string of the molecule is C[C@@H]1C(=O)N(c2ccc(Br)cc2)CCN1C(=O)c1ccc2c(c1)OCO2. The van der Waals surface area contributed by atoms with Crippen molar-refractivity contribution in [1.82, 2.24) is 4.90 Å². The number of anilines is 1. The lowest BCUT2D eigenvalue weighted by Crippen LogP contribution is -2.57. The first-order valence-corrected chi connectivity index (χ1v) is 9.11. The van der Waals surface area contributed by atoms with Crippen LogP contribution >= 0.6 is 15.9 Å². The monoisotopic (exact) mass is 416 g/mol. The summed E-state index contributed by atoms with van der Waals surface area (Å²) in [5.41, 5.74) is 1.33. The summed E-state index contributed by atoms with van der Waals surface area (Å²) in [6, 6.07) is 12.1. The zero-order valence-corrected chi connectivity index (χ0v) is 15.7. The molecule has 0 N–H and O–H groups in total. The molecule has 4 rings (SSSR count). The van der Waals surface area contributed by atoms with E-state index in [1.165, 1.54) is 0 Å². The number of fused-ring (bicyclic) bond motifs is 1. The molecule has 7 heteroatoms. The van der Waals surface area contributed by atoms with Crippen LogP contribution in [0.15, 0.2) is 46.9 Å². The molecular formula is C19H17BrN2O4. The Morgan fingerprint density at radius 1 is 1.08 bits per heavy atom. The number of carbonyl (C=O) groups excluding carboxylic acids is 2. The van der Waals surface area contributed by atoms with Crippen molar-refractivity contribution in [2.45, 2.75) is 13.0 Å². The second-order valence-corrected chi connectivity index (χ2v) is 7.12. The van der Waals surface area contributed by atoms with Crippen molar-refractivity contribution in [3.8, 4) is 11.5 Å². The molecule has 6 nitrogen and oxygen atoms in total. The lowest BCUT2D eigenvalue weighted by atomic mass is 10.1. The van der Waals surface area contributed by atoms with Crippen LogP contribution in [0.5, 0.6) is 11.5 Å². The van der Waals surface area contributed by atoms with E-state index in [0.717, 1.165) is 10.2 Å². The number of piperazine rings is 1. The number of hydrogen-bond acceptors (Lipinski definition) is 4. The number of halogens is 1. The summed E-state index contributed by atoms with van der Waals surface area (Å²) in [7, 11) is 0. The van der Waals surface area contributed by atoms with Crippen LogP contribution in [0.1, 0.15) is 17.3 Å². The van der Waals surface area contributed by atoms with Crippen LogP contribution < -0.4 is 14.4 Å². The first-order chi connectivity index (χ1) is 12.5. The van der Waals surface area contributed by atoms with Gasteiger partial charge >= 0.3 is 0 Å². The molecule has 0 radical (unpaired) electrons. The maximum absolute atomic E-state index is 12.9. The van der Waals surface area contributed by atoms with E-state index >= 15 is 0 Å². The van der Waals surface area contributed by atoms with Gasteiger partial charge in [0.05, 0.1) is 0 Å². The first-order valence-electron chi connectivity index (χ1n) is 8.32. The highest BCUT2D eigenvalue weighted by Crippen LogP contribution is 2.33. The van der Waals surface area contributed by atoms with Gasteiger partial charge in [-0.25, -0.2) is 0 Å². The van der Waals surface area contributed by atoms with E-state index in [0.29, 0.717) is 30.2 Å². The number of rotatable bonds is 2. The minimum Gasteiger partial charge on any atom is -0.454 e. The molecule has 0 aromatic heterocycles. The fourth-order valence-electron chi connectivity index (χ4n) is 3.22. The second kappa shape index (κ2) is 6.64. The summed E-state index contributed by atoms with van der Waals surface area (Å²) >= 11 is 3.40. The van der Waals surface area contributed by atoms with Gasteiger partial charge in [0.25, 0.3) is 5.91 Å². The average molecular weight is 417 g/mol. The van der Waals surface area contributed by atoms with E-state index < -0.39 is 6.04 Å². The third-order valence-corrected chi connectivity index (χ3v) is 5.20. The number of amides is 2. The molecule has 2 amide bonds. The van der Waals surface area contributed by atoms with E-state index in [2.05, 4.69) is 15.9 Å². The van der Waals surface area contributed by atoms with Gasteiger partial charge in [0.1, 0.15) is 6.04 Å². The van der Waals surface area contributed by atoms with Crippen molar-refractivity contribution in [2.75, 3.05) is 24.8 Å². The quantitative estimate of drug-likeness (QED) is 0.754. The Hall–Kier alpha value is -2.54. The van der Waals surface area contributed by atoms with E-state index in [1.54, 1.807) is 34.9 Å². The van der Waals surface area contributed by atoms with Gasteiger partial charge in [-0.2, -0.15) is 0 Å². The van der Waals surface area contributed by atoms with Gasteiger partial charge < -0.3 is 19.3 Å². The van der Waals surface area contributed by atoms with Crippen LogP contribution in [0.25, 0.3) is 0 Å². The van der Waals surface area contributed by atoms with Crippen molar-refractivity contribution in [2.24, 2.45) is 0 Å². The minimum absolute atomic E-state index is 0.0901. The lowest BCUT2D eigenvalue weighted by Gasteiger charge is -2.39. The van der Waals surface area contributed by atoms with Crippen LogP contribution in [0.3, 0.4) is 0 Å². The molecule has 0 aliphatic carbocycles. The fourth-order valence-corrected chi connectivity index (χ4v) is 3.48. The molecular weight excluding hydrogens is 400 g/mol. The highest BCUT2D eigenvalue weighted by Gasteiger charge is 2.35. The number of ether oxygens (including phenoxy) is 2. The van der Waals surface area contributed by atoms with Crippen LogP contribution in [0.2, 0.25) is 0 Å². The molecule has 26 heavy (non-hydrogen) atoms. The van der Waals surface area contributed by atoms with E-state index in [1.807, 2.05) is 24.3 Å². The van der Waals surface area contributed by atoms with Gasteiger partial charge in [0.2, 0.25) is 12.7 Å². The Kier molecular flexibility index (Phi) is 4.32. The summed E-state index contributed by atoms with van der Waals surface area (Å²) in [6.07, 6.45) is 0.